The molecule has 0 unspecified atom stereocenters. The fourth-order valence-electron chi connectivity index (χ4n) is 7.01. The summed E-state index contributed by atoms with van der Waals surface area (Å²) in [6.45, 7) is 12.4. The standard InChI is InChI=1S/C49H44N2O7/c1-7-44(52)40-26-8-31(29-43(40)47(55)56)30-9-27-41-42(28-30)46(54)51(45(41)53)35-16-24-39(25-17-35)58-37-20-12-33(13-21-37)49(5,6)32-10-18-36(19-11-32)57-38-22-14-34(15-23-38)50-48(2,3)4/h8-29,50H,7H2,1-6H3,(H,55,56). The van der Waals surface area contributed by atoms with E-state index in [2.05, 4.69) is 52.1 Å². The first-order chi connectivity index (χ1) is 27.6. The smallest absolute Gasteiger partial charge is 0.336 e. The molecule has 2 amide bonds. The number of hydrogen-bond acceptors (Lipinski definition) is 7. The fraction of sp³-hybridized carbons (Fsp3) is 0.184. The summed E-state index contributed by atoms with van der Waals surface area (Å²) in [5.41, 5.74) is 4.85. The molecule has 0 aliphatic carbocycles. The first-order valence-electron chi connectivity index (χ1n) is 19.1. The van der Waals surface area contributed by atoms with Crippen molar-refractivity contribution in [3.63, 3.8) is 0 Å². The first-order valence-corrected chi connectivity index (χ1v) is 19.1. The van der Waals surface area contributed by atoms with Gasteiger partial charge in [-0.05, 0) is 140 Å². The third kappa shape index (κ3) is 8.11. The van der Waals surface area contributed by atoms with E-state index in [-0.39, 0.29) is 45.4 Å². The minimum absolute atomic E-state index is 0.0226. The number of fused-ring (bicyclic) bond motifs is 1. The van der Waals surface area contributed by atoms with Gasteiger partial charge >= 0.3 is 5.97 Å². The van der Waals surface area contributed by atoms with Crippen molar-refractivity contribution in [3.8, 4) is 34.1 Å². The van der Waals surface area contributed by atoms with Crippen LogP contribution in [0.25, 0.3) is 11.1 Å². The number of nitrogens with zero attached hydrogens (tertiary/aromatic N) is 1. The monoisotopic (exact) mass is 772 g/mol. The van der Waals surface area contributed by atoms with Crippen LogP contribution in [0.5, 0.6) is 23.0 Å². The molecule has 0 atom stereocenters. The lowest BCUT2D eigenvalue weighted by Crippen LogP contribution is -2.29. The summed E-state index contributed by atoms with van der Waals surface area (Å²) in [5.74, 6) is 0.227. The summed E-state index contributed by atoms with van der Waals surface area (Å²) in [7, 11) is 0. The highest BCUT2D eigenvalue weighted by atomic mass is 16.5. The van der Waals surface area contributed by atoms with Gasteiger partial charge in [0.1, 0.15) is 23.0 Å². The lowest BCUT2D eigenvalue weighted by Gasteiger charge is -2.26. The van der Waals surface area contributed by atoms with Gasteiger partial charge in [-0.2, -0.15) is 0 Å². The normalized spacial score (nSPS) is 12.6. The number of hydrogen-bond donors (Lipinski definition) is 2. The van der Waals surface area contributed by atoms with E-state index in [0.717, 1.165) is 33.2 Å². The van der Waals surface area contributed by atoms with Crippen molar-refractivity contribution in [1.82, 2.24) is 0 Å². The van der Waals surface area contributed by atoms with Crippen LogP contribution in [-0.2, 0) is 5.41 Å². The summed E-state index contributed by atoms with van der Waals surface area (Å²) in [6.07, 6.45) is 0.172. The van der Waals surface area contributed by atoms with Gasteiger partial charge in [0.15, 0.2) is 5.78 Å². The van der Waals surface area contributed by atoms with Crippen molar-refractivity contribution in [2.24, 2.45) is 0 Å². The van der Waals surface area contributed by atoms with E-state index in [9.17, 15) is 24.3 Å². The van der Waals surface area contributed by atoms with Gasteiger partial charge in [0.2, 0.25) is 0 Å². The van der Waals surface area contributed by atoms with Crippen LogP contribution in [0.15, 0.2) is 133 Å². The second-order valence-electron chi connectivity index (χ2n) is 15.8. The van der Waals surface area contributed by atoms with Crippen molar-refractivity contribution >= 4 is 34.9 Å². The number of Topliss-reactive ketones (excluding diaryl/α,β-unsaturated/α-hetero) is 1. The molecule has 0 spiro atoms. The van der Waals surface area contributed by atoms with E-state index in [1.807, 2.05) is 60.7 Å². The van der Waals surface area contributed by atoms with E-state index in [4.69, 9.17) is 9.47 Å². The van der Waals surface area contributed by atoms with E-state index in [1.165, 1.54) is 12.1 Å². The zero-order valence-corrected chi connectivity index (χ0v) is 33.3. The van der Waals surface area contributed by atoms with Crippen molar-refractivity contribution in [1.29, 1.82) is 0 Å². The minimum atomic E-state index is -1.22. The maximum atomic E-state index is 13.6. The first kappa shape index (κ1) is 39.2. The zero-order chi connectivity index (χ0) is 41.4. The number of carboxylic acids is 1. The van der Waals surface area contributed by atoms with Crippen LogP contribution in [0.2, 0.25) is 0 Å². The fourth-order valence-corrected chi connectivity index (χ4v) is 7.01. The van der Waals surface area contributed by atoms with Crippen LogP contribution in [0.3, 0.4) is 0 Å². The molecule has 0 radical (unpaired) electrons. The summed E-state index contributed by atoms with van der Waals surface area (Å²) >= 11 is 0. The van der Waals surface area contributed by atoms with E-state index < -0.39 is 17.8 Å². The molecule has 0 aromatic heterocycles. The molecule has 0 saturated heterocycles. The molecule has 1 aliphatic heterocycles. The largest absolute Gasteiger partial charge is 0.478 e. The highest BCUT2D eigenvalue weighted by Crippen LogP contribution is 2.37. The Balaban J connectivity index is 0.994. The molecule has 9 heteroatoms. The highest BCUT2D eigenvalue weighted by molar-refractivity contribution is 6.34. The van der Waals surface area contributed by atoms with Crippen LogP contribution < -0.4 is 19.7 Å². The van der Waals surface area contributed by atoms with Crippen molar-refractivity contribution in [2.75, 3.05) is 10.2 Å². The number of imide groups is 1. The molecule has 9 nitrogen and oxygen atoms in total. The topological polar surface area (TPSA) is 122 Å². The molecule has 58 heavy (non-hydrogen) atoms. The number of carboxylic acid groups (broad SMARTS) is 1. The minimum Gasteiger partial charge on any atom is -0.478 e. The average Bonchev–Trinajstić information content (AvgIpc) is 3.46. The number of nitrogens with one attached hydrogen (secondary N) is 1. The molecule has 0 saturated carbocycles. The van der Waals surface area contributed by atoms with Gasteiger partial charge in [0, 0.05) is 28.6 Å². The van der Waals surface area contributed by atoms with E-state index in [0.29, 0.717) is 28.3 Å². The molecule has 292 valence electrons. The number of carbonyl (C=O) groups excluding carboxylic acids is 3. The molecule has 1 heterocycles. The Hall–Kier alpha value is -7.00. The number of rotatable bonds is 12. The Labute approximate surface area is 337 Å². The Morgan fingerprint density at radius 2 is 1.05 bits per heavy atom. The van der Waals surface area contributed by atoms with Crippen LogP contribution in [0.4, 0.5) is 11.4 Å². The van der Waals surface area contributed by atoms with E-state index >= 15 is 0 Å². The third-order valence-electron chi connectivity index (χ3n) is 10.2. The van der Waals surface area contributed by atoms with E-state index in [1.54, 1.807) is 55.5 Å². The zero-order valence-electron chi connectivity index (χ0n) is 33.3. The van der Waals surface area contributed by atoms with Gasteiger partial charge in [-0.1, -0.05) is 57.2 Å². The second kappa shape index (κ2) is 15.5. The molecule has 0 bridgehead atoms. The Bertz CT molecular complexity index is 2530. The quantitative estimate of drug-likeness (QED) is 0.0931. The molecule has 7 rings (SSSR count). The molecule has 2 N–H and O–H groups in total. The molecular formula is C49H44N2O7. The van der Waals surface area contributed by atoms with Gasteiger partial charge < -0.3 is 19.9 Å². The number of aromatic carboxylic acids is 1. The lowest BCUT2D eigenvalue weighted by atomic mass is 9.78. The maximum Gasteiger partial charge on any atom is 0.336 e. The maximum absolute atomic E-state index is 13.6. The molecular weight excluding hydrogens is 729 g/mol. The van der Waals surface area contributed by atoms with Gasteiger partial charge in [0.25, 0.3) is 11.8 Å². The second-order valence-corrected chi connectivity index (χ2v) is 15.8. The van der Waals surface area contributed by atoms with Crippen LogP contribution in [0.1, 0.15) is 101 Å². The summed E-state index contributed by atoms with van der Waals surface area (Å²) in [5, 5.41) is 13.2. The number of ether oxygens (including phenoxy) is 2. The third-order valence-corrected chi connectivity index (χ3v) is 10.2. The number of ketones is 1. The van der Waals surface area contributed by atoms with Gasteiger partial charge in [-0.25, -0.2) is 9.69 Å². The van der Waals surface area contributed by atoms with Gasteiger partial charge in [-0.3, -0.25) is 14.4 Å². The molecule has 0 fully saturated rings. The van der Waals surface area contributed by atoms with Gasteiger partial charge in [0.05, 0.1) is 22.4 Å². The van der Waals surface area contributed by atoms with Crippen LogP contribution >= 0.6 is 0 Å². The van der Waals surface area contributed by atoms with Crippen LogP contribution in [0, 0.1) is 0 Å². The SMILES string of the molecule is CCC(=O)c1ccc(-c2ccc3c(c2)C(=O)N(c2ccc(Oc4ccc(C(C)(C)c5ccc(Oc6ccc(NC(C)(C)C)cc6)cc5)cc4)cc2)C3=O)cc1C(=O)O. The Morgan fingerprint density at radius 1 is 0.586 bits per heavy atom. The van der Waals surface area contributed by atoms with Crippen molar-refractivity contribution in [2.45, 2.75) is 58.9 Å². The highest BCUT2D eigenvalue weighted by Gasteiger charge is 2.37. The molecule has 1 aliphatic rings. The predicted molar refractivity (Wildman–Crippen MR) is 226 cm³/mol. The summed E-state index contributed by atoms with van der Waals surface area (Å²) < 4.78 is 12.2. The number of anilines is 2. The lowest BCUT2D eigenvalue weighted by molar-refractivity contribution is 0.0691. The van der Waals surface area contributed by atoms with Crippen molar-refractivity contribution < 1.29 is 33.8 Å². The summed E-state index contributed by atoms with van der Waals surface area (Å²) in [6, 6.07) is 40.0. The predicted octanol–water partition coefficient (Wildman–Crippen LogP) is 11.6. The average molecular weight is 773 g/mol. The molecule has 6 aromatic rings. The Morgan fingerprint density at radius 3 is 1.55 bits per heavy atom. The molecule has 6 aromatic carbocycles. The van der Waals surface area contributed by atoms with Gasteiger partial charge in [-0.15, -0.1) is 0 Å². The Kier molecular flexibility index (Phi) is 10.5. The number of benzene rings is 6. The van der Waals surface area contributed by atoms with Crippen molar-refractivity contribution in [3.05, 3.63) is 167 Å². The number of carbonyl (C=O) groups is 4. The van der Waals surface area contributed by atoms with Crippen LogP contribution in [-0.4, -0.2) is 34.2 Å². The number of amides is 2. The summed E-state index contributed by atoms with van der Waals surface area (Å²) in [4.78, 5) is 52.4.